The van der Waals surface area contributed by atoms with Crippen molar-refractivity contribution in [2.45, 2.75) is 58.0 Å². The Morgan fingerprint density at radius 1 is 1.32 bits per heavy atom. The van der Waals surface area contributed by atoms with Crippen LogP contribution in [0, 0.1) is 29.1 Å². The number of rotatable bonds is 8. The number of hydrogen-bond donors (Lipinski definition) is 4. The van der Waals surface area contributed by atoms with E-state index in [1.165, 1.54) is 0 Å². The lowest BCUT2D eigenvalue weighted by molar-refractivity contribution is -0.123. The fourth-order valence-corrected chi connectivity index (χ4v) is 3.80. The monoisotopic (exact) mass is 459 g/mol. The smallest absolute Gasteiger partial charge is 0.237 e. The zero-order valence-corrected chi connectivity index (χ0v) is 20.1. The van der Waals surface area contributed by atoms with Crippen LogP contribution in [0.4, 0.5) is 17.5 Å². The molecule has 3 rings (SSSR count). The first-order valence-electron chi connectivity index (χ1n) is 11.9. The van der Waals surface area contributed by atoms with Crippen LogP contribution < -0.4 is 21.3 Å². The lowest BCUT2D eigenvalue weighted by Gasteiger charge is -2.28. The summed E-state index contributed by atoms with van der Waals surface area (Å²) in [7, 11) is 1.79. The summed E-state index contributed by atoms with van der Waals surface area (Å²) in [6.45, 7) is 4.73. The molecule has 34 heavy (non-hydrogen) atoms. The summed E-state index contributed by atoms with van der Waals surface area (Å²) in [5.74, 6) is 8.05. The maximum Gasteiger partial charge on any atom is 0.237 e. The highest BCUT2D eigenvalue weighted by molar-refractivity contribution is 5.81. The van der Waals surface area contributed by atoms with Gasteiger partial charge < -0.3 is 21.3 Å². The molecule has 8 nitrogen and oxygen atoms in total. The Hall–Kier alpha value is -3.62. The first-order chi connectivity index (χ1) is 16.5. The van der Waals surface area contributed by atoms with Crippen molar-refractivity contribution in [2.24, 2.45) is 5.92 Å². The Morgan fingerprint density at radius 3 is 2.94 bits per heavy atom. The van der Waals surface area contributed by atoms with Crippen LogP contribution in [0.5, 0.6) is 0 Å². The van der Waals surface area contributed by atoms with E-state index in [-0.39, 0.29) is 23.9 Å². The van der Waals surface area contributed by atoms with Gasteiger partial charge >= 0.3 is 0 Å². The van der Waals surface area contributed by atoms with Gasteiger partial charge in [-0.25, -0.2) is 4.98 Å². The van der Waals surface area contributed by atoms with Crippen molar-refractivity contribution < 1.29 is 4.79 Å². The summed E-state index contributed by atoms with van der Waals surface area (Å²) in [6.07, 6.45) is 6.58. The third-order valence-corrected chi connectivity index (χ3v) is 5.84. The molecule has 0 unspecified atom stereocenters. The molecule has 4 N–H and O–H groups in total. The molecule has 1 amide bonds. The molecule has 1 aromatic carbocycles. The predicted molar refractivity (Wildman–Crippen MR) is 135 cm³/mol. The molecule has 1 saturated carbocycles. The quantitative estimate of drug-likeness (QED) is 0.446. The van der Waals surface area contributed by atoms with Crippen LogP contribution in [-0.4, -0.2) is 41.6 Å². The lowest BCUT2D eigenvalue weighted by Crippen LogP contribution is -2.46. The molecule has 2 aromatic rings. The number of carbonyl (C=O) groups is 1. The van der Waals surface area contributed by atoms with Crippen molar-refractivity contribution in [3.63, 3.8) is 0 Å². The highest BCUT2D eigenvalue weighted by Crippen LogP contribution is 2.24. The topological polar surface area (TPSA) is 115 Å². The van der Waals surface area contributed by atoms with Crippen molar-refractivity contribution >= 4 is 23.4 Å². The van der Waals surface area contributed by atoms with Crippen LogP contribution in [0.25, 0.3) is 0 Å². The van der Waals surface area contributed by atoms with Crippen LogP contribution in [-0.2, 0) is 4.79 Å². The molecule has 0 saturated heterocycles. The molecule has 1 aromatic heterocycles. The van der Waals surface area contributed by atoms with Gasteiger partial charge in [0.1, 0.15) is 5.82 Å². The van der Waals surface area contributed by atoms with Gasteiger partial charge in [-0.05, 0) is 57.9 Å². The minimum Gasteiger partial charge on any atom is -0.369 e. The molecule has 3 atom stereocenters. The number of carbonyl (C=O) groups excluding carboxylic acids is 1. The summed E-state index contributed by atoms with van der Waals surface area (Å²) in [6, 6.07) is 9.27. The summed E-state index contributed by atoms with van der Waals surface area (Å²) < 4.78 is 0. The van der Waals surface area contributed by atoms with E-state index in [0.29, 0.717) is 17.3 Å². The van der Waals surface area contributed by atoms with Gasteiger partial charge in [-0.1, -0.05) is 31.3 Å². The van der Waals surface area contributed by atoms with Crippen LogP contribution in [0.15, 0.2) is 30.5 Å². The van der Waals surface area contributed by atoms with E-state index in [1.807, 2.05) is 19.1 Å². The molecule has 0 aliphatic heterocycles. The van der Waals surface area contributed by atoms with Crippen molar-refractivity contribution in [3.8, 4) is 17.9 Å². The molecule has 1 heterocycles. The number of hydrogen-bond acceptors (Lipinski definition) is 7. The summed E-state index contributed by atoms with van der Waals surface area (Å²) in [5, 5.41) is 21.7. The molecule has 0 spiro atoms. The van der Waals surface area contributed by atoms with Crippen LogP contribution in [0.1, 0.15) is 57.1 Å². The maximum absolute atomic E-state index is 12.2. The van der Waals surface area contributed by atoms with Gasteiger partial charge in [0.2, 0.25) is 11.9 Å². The van der Waals surface area contributed by atoms with Gasteiger partial charge in [-0.2, -0.15) is 10.2 Å². The number of aromatic nitrogens is 2. The van der Waals surface area contributed by atoms with Crippen LogP contribution >= 0.6 is 0 Å². The SMILES string of the molecule is CCCNc1nc(Nc2cccc(C#N)c2)ncc1C#C[C@@H]1CCC[C@H](NC(=O)[C@H](C)NC)C1. The van der Waals surface area contributed by atoms with E-state index < -0.39 is 0 Å². The Bertz CT molecular complexity index is 1080. The van der Waals surface area contributed by atoms with E-state index in [9.17, 15) is 4.79 Å². The van der Waals surface area contributed by atoms with Crippen molar-refractivity contribution in [3.05, 3.63) is 41.6 Å². The maximum atomic E-state index is 12.2. The van der Waals surface area contributed by atoms with E-state index in [0.717, 1.165) is 49.9 Å². The van der Waals surface area contributed by atoms with Crippen molar-refractivity contribution in [1.82, 2.24) is 20.6 Å². The number of amides is 1. The second-order valence-electron chi connectivity index (χ2n) is 8.55. The molecular weight excluding hydrogens is 426 g/mol. The lowest BCUT2D eigenvalue weighted by atomic mass is 9.86. The molecule has 1 fully saturated rings. The molecule has 1 aliphatic rings. The summed E-state index contributed by atoms with van der Waals surface area (Å²) >= 11 is 0. The molecule has 178 valence electrons. The normalized spacial score (nSPS) is 18.1. The third kappa shape index (κ3) is 7.19. The molecular formula is C26H33N7O. The number of benzene rings is 1. The highest BCUT2D eigenvalue weighted by atomic mass is 16.2. The second kappa shape index (κ2) is 12.6. The molecule has 0 radical (unpaired) electrons. The fraction of sp³-hybridized carbons (Fsp3) is 0.462. The van der Waals surface area contributed by atoms with E-state index in [4.69, 9.17) is 5.26 Å². The Kier molecular flexibility index (Phi) is 9.25. The van der Waals surface area contributed by atoms with Gasteiger partial charge in [0.25, 0.3) is 0 Å². The third-order valence-electron chi connectivity index (χ3n) is 5.84. The second-order valence-corrected chi connectivity index (χ2v) is 8.55. The standard InChI is InChI=1S/C26H33N7O/c1-4-13-29-24-21(17-30-26(33-24)32-23-10-6-8-20(15-23)16-27)12-11-19-7-5-9-22(14-19)31-25(34)18(2)28-3/h6,8,10,15,17-19,22,28H,4-5,7,9,13-14H2,1-3H3,(H,31,34)(H2,29,30,32,33)/t18-,19-,22-/m0/s1. The summed E-state index contributed by atoms with van der Waals surface area (Å²) in [4.78, 5) is 21.3. The van der Waals surface area contributed by atoms with E-state index in [2.05, 4.69) is 56.1 Å². The minimum atomic E-state index is -0.203. The van der Waals surface area contributed by atoms with Crippen LogP contribution in [0.3, 0.4) is 0 Å². The number of nitrogens with zero attached hydrogens (tertiary/aromatic N) is 3. The van der Waals surface area contributed by atoms with Crippen molar-refractivity contribution in [2.75, 3.05) is 24.2 Å². The first kappa shape index (κ1) is 25.0. The largest absolute Gasteiger partial charge is 0.369 e. The molecule has 0 bridgehead atoms. The van der Waals surface area contributed by atoms with Gasteiger partial charge in [-0.3, -0.25) is 4.79 Å². The Morgan fingerprint density at radius 2 is 2.18 bits per heavy atom. The number of nitriles is 1. The number of nitrogens with one attached hydrogen (secondary N) is 4. The predicted octanol–water partition coefficient (Wildman–Crippen LogP) is 3.55. The highest BCUT2D eigenvalue weighted by Gasteiger charge is 2.23. The number of anilines is 3. The average Bonchev–Trinajstić information content (AvgIpc) is 2.86. The first-order valence-corrected chi connectivity index (χ1v) is 11.9. The van der Waals surface area contributed by atoms with E-state index in [1.54, 1.807) is 25.4 Å². The van der Waals surface area contributed by atoms with Crippen molar-refractivity contribution in [1.29, 1.82) is 5.26 Å². The molecule has 1 aliphatic carbocycles. The Labute approximate surface area is 202 Å². The van der Waals surface area contributed by atoms with Gasteiger partial charge in [-0.15, -0.1) is 0 Å². The fourth-order valence-electron chi connectivity index (χ4n) is 3.80. The average molecular weight is 460 g/mol. The Balaban J connectivity index is 1.72. The zero-order chi connectivity index (χ0) is 24.3. The van der Waals surface area contributed by atoms with E-state index >= 15 is 0 Å². The van der Waals surface area contributed by atoms with Gasteiger partial charge in [0.15, 0.2) is 0 Å². The zero-order valence-electron chi connectivity index (χ0n) is 20.1. The van der Waals surface area contributed by atoms with Crippen LogP contribution in [0.2, 0.25) is 0 Å². The molecule has 8 heteroatoms. The van der Waals surface area contributed by atoms with Gasteiger partial charge in [0.05, 0.1) is 29.4 Å². The van der Waals surface area contributed by atoms with Gasteiger partial charge in [0, 0.05) is 24.2 Å². The minimum absolute atomic E-state index is 0.0314. The summed E-state index contributed by atoms with van der Waals surface area (Å²) in [5.41, 5.74) is 2.07. The number of likely N-dealkylation sites (N-methyl/N-ethyl adjacent to an activating group) is 1.